The maximum Gasteiger partial charge on any atom is 0.201 e. The summed E-state index contributed by atoms with van der Waals surface area (Å²) in [6.45, 7) is 0.518. The van der Waals surface area contributed by atoms with Crippen LogP contribution in [0, 0.1) is 11.6 Å². The van der Waals surface area contributed by atoms with Gasteiger partial charge in [-0.1, -0.05) is 12.1 Å². The first-order valence-electron chi connectivity index (χ1n) is 8.83. The molecule has 0 bridgehead atoms. The second-order valence-corrected chi connectivity index (χ2v) is 6.26. The van der Waals surface area contributed by atoms with Crippen LogP contribution >= 0.6 is 0 Å². The van der Waals surface area contributed by atoms with Crippen molar-refractivity contribution in [3.63, 3.8) is 0 Å². The average molecular weight is 396 g/mol. The molecule has 0 amide bonds. The van der Waals surface area contributed by atoms with Crippen molar-refractivity contribution in [1.82, 2.24) is 14.4 Å². The number of benzene rings is 2. The van der Waals surface area contributed by atoms with E-state index in [2.05, 4.69) is 15.3 Å². The van der Waals surface area contributed by atoms with Crippen LogP contribution in [0.4, 0.5) is 14.6 Å². The number of halogens is 2. The monoisotopic (exact) mass is 396 g/mol. The second kappa shape index (κ2) is 7.75. The van der Waals surface area contributed by atoms with Crippen molar-refractivity contribution in [2.75, 3.05) is 19.5 Å². The molecular weight excluding hydrogens is 378 g/mol. The van der Waals surface area contributed by atoms with Crippen LogP contribution in [-0.2, 0) is 6.54 Å². The number of anilines is 1. The standard InChI is InChI=1S/C21H18F2N4O2/c1-28-14-5-3-13(4-6-14)11-25-20-21-26-12-16(27(21)10-9-24-20)15-7-8-17(29-2)19(23)18(15)22/h3-10,12H,11H2,1-2H3,(H,24,25). The number of rotatable bonds is 6. The molecule has 6 nitrogen and oxygen atoms in total. The van der Waals surface area contributed by atoms with Gasteiger partial charge in [0.05, 0.1) is 26.1 Å². The highest BCUT2D eigenvalue weighted by Crippen LogP contribution is 2.31. The molecule has 1 N–H and O–H groups in total. The molecular formula is C21H18F2N4O2. The Morgan fingerprint density at radius 2 is 1.76 bits per heavy atom. The molecule has 8 heteroatoms. The topological polar surface area (TPSA) is 60.7 Å². The minimum atomic E-state index is -1.04. The number of hydrogen-bond acceptors (Lipinski definition) is 5. The summed E-state index contributed by atoms with van der Waals surface area (Å²) in [5, 5.41) is 3.23. The molecule has 148 valence electrons. The highest BCUT2D eigenvalue weighted by molar-refractivity contribution is 5.71. The van der Waals surface area contributed by atoms with Crippen LogP contribution in [0.1, 0.15) is 5.56 Å². The highest BCUT2D eigenvalue weighted by Gasteiger charge is 2.19. The summed E-state index contributed by atoms with van der Waals surface area (Å²) in [6.07, 6.45) is 4.71. The number of ether oxygens (including phenoxy) is 2. The molecule has 0 saturated carbocycles. The van der Waals surface area contributed by atoms with E-state index in [1.165, 1.54) is 25.4 Å². The number of methoxy groups -OCH3 is 2. The van der Waals surface area contributed by atoms with E-state index in [-0.39, 0.29) is 11.3 Å². The first-order chi connectivity index (χ1) is 14.1. The Bertz CT molecular complexity index is 1160. The van der Waals surface area contributed by atoms with Crippen molar-refractivity contribution < 1.29 is 18.3 Å². The molecule has 0 aliphatic heterocycles. The maximum absolute atomic E-state index is 14.5. The van der Waals surface area contributed by atoms with Crippen LogP contribution in [0.25, 0.3) is 16.9 Å². The fourth-order valence-electron chi connectivity index (χ4n) is 3.06. The van der Waals surface area contributed by atoms with E-state index in [0.717, 1.165) is 11.3 Å². The van der Waals surface area contributed by atoms with E-state index in [0.29, 0.717) is 23.7 Å². The van der Waals surface area contributed by atoms with E-state index >= 15 is 0 Å². The lowest BCUT2D eigenvalue weighted by Gasteiger charge is -2.10. The maximum atomic E-state index is 14.5. The van der Waals surface area contributed by atoms with Gasteiger partial charge in [0.2, 0.25) is 5.82 Å². The predicted molar refractivity (Wildman–Crippen MR) is 105 cm³/mol. The van der Waals surface area contributed by atoms with Gasteiger partial charge in [-0.25, -0.2) is 14.4 Å². The number of aromatic nitrogens is 3. The minimum Gasteiger partial charge on any atom is -0.497 e. The number of nitrogens with zero attached hydrogens (tertiary/aromatic N) is 3. The van der Waals surface area contributed by atoms with Gasteiger partial charge in [-0.05, 0) is 29.8 Å². The molecule has 0 fully saturated rings. The first kappa shape index (κ1) is 18.7. The lowest BCUT2D eigenvalue weighted by molar-refractivity contribution is 0.372. The quantitative estimate of drug-likeness (QED) is 0.526. The number of nitrogens with one attached hydrogen (secondary N) is 1. The Labute approximate surface area is 165 Å². The smallest absolute Gasteiger partial charge is 0.201 e. The van der Waals surface area contributed by atoms with Crippen molar-refractivity contribution in [3.05, 3.63) is 72.2 Å². The Morgan fingerprint density at radius 1 is 0.966 bits per heavy atom. The molecule has 0 aliphatic rings. The Hall–Kier alpha value is -3.68. The Morgan fingerprint density at radius 3 is 2.48 bits per heavy atom. The zero-order valence-electron chi connectivity index (χ0n) is 15.8. The molecule has 0 radical (unpaired) electrons. The van der Waals surface area contributed by atoms with Gasteiger partial charge in [0.15, 0.2) is 23.0 Å². The van der Waals surface area contributed by atoms with Gasteiger partial charge < -0.3 is 14.8 Å². The van der Waals surface area contributed by atoms with Crippen LogP contribution in [0.5, 0.6) is 11.5 Å². The number of hydrogen-bond donors (Lipinski definition) is 1. The van der Waals surface area contributed by atoms with Crippen molar-refractivity contribution in [2.24, 2.45) is 0 Å². The predicted octanol–water partition coefficient (Wildman–Crippen LogP) is 4.30. The van der Waals surface area contributed by atoms with Crippen LogP contribution < -0.4 is 14.8 Å². The zero-order chi connectivity index (χ0) is 20.4. The third-order valence-corrected chi connectivity index (χ3v) is 4.59. The Kier molecular flexibility index (Phi) is 4.99. The molecule has 29 heavy (non-hydrogen) atoms. The third kappa shape index (κ3) is 3.44. The highest BCUT2D eigenvalue weighted by atomic mass is 19.2. The molecule has 0 spiro atoms. The van der Waals surface area contributed by atoms with Gasteiger partial charge in [0.25, 0.3) is 0 Å². The molecule has 0 unspecified atom stereocenters. The van der Waals surface area contributed by atoms with Crippen molar-refractivity contribution in [1.29, 1.82) is 0 Å². The van der Waals surface area contributed by atoms with Gasteiger partial charge in [-0.2, -0.15) is 4.39 Å². The second-order valence-electron chi connectivity index (χ2n) is 6.26. The summed E-state index contributed by atoms with van der Waals surface area (Å²) < 4.78 is 40.3. The number of fused-ring (bicyclic) bond motifs is 1. The lowest BCUT2D eigenvalue weighted by Crippen LogP contribution is -2.04. The molecule has 2 aromatic carbocycles. The summed E-state index contributed by atoms with van der Waals surface area (Å²) in [6, 6.07) is 10.5. The SMILES string of the molecule is COc1ccc(CNc2nccn3c(-c4ccc(OC)c(F)c4F)cnc23)cc1. The van der Waals surface area contributed by atoms with E-state index in [4.69, 9.17) is 9.47 Å². The van der Waals surface area contributed by atoms with Crippen molar-refractivity contribution in [2.45, 2.75) is 6.54 Å². The van der Waals surface area contributed by atoms with Crippen molar-refractivity contribution >= 4 is 11.5 Å². The molecule has 4 rings (SSSR count). The van der Waals surface area contributed by atoms with Gasteiger partial charge in [-0.3, -0.25) is 4.40 Å². The summed E-state index contributed by atoms with van der Waals surface area (Å²) in [5.74, 6) is -0.865. The van der Waals surface area contributed by atoms with Crippen LogP contribution in [0.2, 0.25) is 0 Å². The fraction of sp³-hybridized carbons (Fsp3) is 0.143. The normalized spacial score (nSPS) is 10.9. The molecule has 0 atom stereocenters. The molecule has 2 aromatic heterocycles. The van der Waals surface area contributed by atoms with Crippen LogP contribution in [0.15, 0.2) is 55.0 Å². The van der Waals surface area contributed by atoms with Gasteiger partial charge in [-0.15, -0.1) is 0 Å². The largest absolute Gasteiger partial charge is 0.497 e. The van der Waals surface area contributed by atoms with Crippen LogP contribution in [-0.4, -0.2) is 28.6 Å². The lowest BCUT2D eigenvalue weighted by atomic mass is 10.1. The Balaban J connectivity index is 1.65. The van der Waals surface area contributed by atoms with Crippen molar-refractivity contribution in [3.8, 4) is 22.8 Å². The van der Waals surface area contributed by atoms with E-state index in [9.17, 15) is 8.78 Å². The van der Waals surface area contributed by atoms with E-state index in [1.807, 2.05) is 24.3 Å². The summed E-state index contributed by atoms with van der Waals surface area (Å²) in [5.41, 5.74) is 2.04. The molecule has 0 aliphatic carbocycles. The van der Waals surface area contributed by atoms with Crippen LogP contribution in [0.3, 0.4) is 0 Å². The minimum absolute atomic E-state index is 0.0862. The van der Waals surface area contributed by atoms with Gasteiger partial charge in [0.1, 0.15) is 5.75 Å². The third-order valence-electron chi connectivity index (χ3n) is 4.59. The number of imidazole rings is 1. The summed E-state index contributed by atoms with van der Waals surface area (Å²) >= 11 is 0. The van der Waals surface area contributed by atoms with Gasteiger partial charge >= 0.3 is 0 Å². The average Bonchev–Trinajstić information content (AvgIpc) is 3.19. The van der Waals surface area contributed by atoms with E-state index in [1.54, 1.807) is 23.9 Å². The molecule has 0 saturated heterocycles. The van der Waals surface area contributed by atoms with Gasteiger partial charge in [0, 0.05) is 24.5 Å². The summed E-state index contributed by atoms with van der Waals surface area (Å²) in [4.78, 5) is 8.67. The summed E-state index contributed by atoms with van der Waals surface area (Å²) in [7, 11) is 2.91. The first-order valence-corrected chi connectivity index (χ1v) is 8.83. The molecule has 2 heterocycles. The van der Waals surface area contributed by atoms with E-state index < -0.39 is 11.6 Å². The fourth-order valence-corrected chi connectivity index (χ4v) is 3.06. The molecule has 4 aromatic rings. The zero-order valence-corrected chi connectivity index (χ0v) is 15.8.